The molecule has 1 fully saturated rings. The van der Waals surface area contributed by atoms with Crippen LogP contribution in [0.1, 0.15) is 53.4 Å². The molecule has 1 nitrogen and oxygen atoms in total. The van der Waals surface area contributed by atoms with Crippen LogP contribution in [0.15, 0.2) is 0 Å². The lowest BCUT2D eigenvalue weighted by atomic mass is 9.67. The molecular weight excluding hydrogens is 160 g/mol. The second-order valence-corrected chi connectivity index (χ2v) is 5.40. The van der Waals surface area contributed by atoms with Gasteiger partial charge < -0.3 is 5.11 Å². The van der Waals surface area contributed by atoms with Crippen molar-refractivity contribution in [2.75, 3.05) is 0 Å². The average molecular weight is 184 g/mol. The molecule has 0 radical (unpaired) electrons. The smallest absolute Gasteiger partial charge is 0.0568 e. The Balaban J connectivity index is 2.55. The van der Waals surface area contributed by atoms with Gasteiger partial charge in [-0.1, -0.05) is 34.1 Å². The molecular formula is C12H24O. The van der Waals surface area contributed by atoms with E-state index in [1.807, 2.05) is 0 Å². The summed E-state index contributed by atoms with van der Waals surface area (Å²) in [7, 11) is 0. The SMILES string of the molecule is CCC(C)(C)C1CCC(C)C(O)C1. The molecule has 1 rings (SSSR count). The summed E-state index contributed by atoms with van der Waals surface area (Å²) in [4.78, 5) is 0. The van der Waals surface area contributed by atoms with E-state index in [0.29, 0.717) is 11.3 Å². The van der Waals surface area contributed by atoms with Crippen molar-refractivity contribution in [2.45, 2.75) is 59.5 Å². The highest BCUT2D eigenvalue weighted by molar-refractivity contribution is 4.85. The molecule has 1 heteroatoms. The molecule has 0 aliphatic heterocycles. The summed E-state index contributed by atoms with van der Waals surface area (Å²) in [5.41, 5.74) is 0.418. The highest BCUT2D eigenvalue weighted by atomic mass is 16.3. The van der Waals surface area contributed by atoms with Crippen molar-refractivity contribution in [1.29, 1.82) is 0 Å². The van der Waals surface area contributed by atoms with Gasteiger partial charge in [-0.2, -0.15) is 0 Å². The Morgan fingerprint density at radius 2 is 1.92 bits per heavy atom. The third-order valence-corrected chi connectivity index (χ3v) is 4.17. The summed E-state index contributed by atoms with van der Waals surface area (Å²) in [6.45, 7) is 9.09. The van der Waals surface area contributed by atoms with Crippen LogP contribution in [0.4, 0.5) is 0 Å². The average Bonchev–Trinajstić information content (AvgIpc) is 2.09. The summed E-state index contributed by atoms with van der Waals surface area (Å²) in [6, 6.07) is 0. The number of aliphatic hydroxyl groups is 1. The van der Waals surface area contributed by atoms with Gasteiger partial charge in [-0.25, -0.2) is 0 Å². The van der Waals surface area contributed by atoms with Gasteiger partial charge in [-0.15, -0.1) is 0 Å². The molecule has 3 atom stereocenters. The van der Waals surface area contributed by atoms with Gasteiger partial charge >= 0.3 is 0 Å². The van der Waals surface area contributed by atoms with Gasteiger partial charge in [0.15, 0.2) is 0 Å². The maximum absolute atomic E-state index is 9.81. The monoisotopic (exact) mass is 184 g/mol. The lowest BCUT2D eigenvalue weighted by molar-refractivity contribution is 0.0138. The second kappa shape index (κ2) is 4.00. The number of hydrogen-bond donors (Lipinski definition) is 1. The summed E-state index contributed by atoms with van der Waals surface area (Å²) < 4.78 is 0. The standard InChI is InChI=1S/C12H24O/c1-5-12(3,4)10-7-6-9(2)11(13)8-10/h9-11,13H,5-8H2,1-4H3. The predicted octanol–water partition coefficient (Wildman–Crippen LogP) is 3.22. The van der Waals surface area contributed by atoms with Crippen molar-refractivity contribution in [3.63, 3.8) is 0 Å². The zero-order valence-corrected chi connectivity index (χ0v) is 9.51. The van der Waals surface area contributed by atoms with Crippen LogP contribution >= 0.6 is 0 Å². The normalized spacial score (nSPS) is 36.2. The Bertz CT molecular complexity index is 163. The largest absolute Gasteiger partial charge is 0.393 e. The number of hydrogen-bond acceptors (Lipinski definition) is 1. The van der Waals surface area contributed by atoms with Crippen LogP contribution in [-0.4, -0.2) is 11.2 Å². The Morgan fingerprint density at radius 3 is 2.38 bits per heavy atom. The van der Waals surface area contributed by atoms with Crippen LogP contribution in [0.2, 0.25) is 0 Å². The molecule has 1 N–H and O–H groups in total. The van der Waals surface area contributed by atoms with Gasteiger partial charge in [-0.05, 0) is 36.5 Å². The van der Waals surface area contributed by atoms with Gasteiger partial charge in [0.05, 0.1) is 6.10 Å². The fraction of sp³-hybridized carbons (Fsp3) is 1.00. The number of aliphatic hydroxyl groups excluding tert-OH is 1. The van der Waals surface area contributed by atoms with Crippen LogP contribution in [0, 0.1) is 17.3 Å². The molecule has 13 heavy (non-hydrogen) atoms. The van der Waals surface area contributed by atoms with E-state index < -0.39 is 0 Å². The predicted molar refractivity (Wildman–Crippen MR) is 56.6 cm³/mol. The summed E-state index contributed by atoms with van der Waals surface area (Å²) in [5.74, 6) is 1.24. The number of rotatable bonds is 2. The highest BCUT2D eigenvalue weighted by Gasteiger charge is 2.34. The Kier molecular flexibility index (Phi) is 3.39. The molecule has 78 valence electrons. The van der Waals surface area contributed by atoms with E-state index in [0.717, 1.165) is 12.3 Å². The Labute approximate surface area is 82.5 Å². The zero-order chi connectivity index (χ0) is 10.1. The molecule has 0 aromatic carbocycles. The van der Waals surface area contributed by atoms with Crippen LogP contribution in [0.3, 0.4) is 0 Å². The molecule has 0 spiro atoms. The van der Waals surface area contributed by atoms with E-state index in [1.165, 1.54) is 19.3 Å². The second-order valence-electron chi connectivity index (χ2n) is 5.40. The zero-order valence-electron chi connectivity index (χ0n) is 9.51. The van der Waals surface area contributed by atoms with Gasteiger partial charge in [0.25, 0.3) is 0 Å². The molecule has 1 saturated carbocycles. The van der Waals surface area contributed by atoms with Crippen molar-refractivity contribution >= 4 is 0 Å². The van der Waals surface area contributed by atoms with Gasteiger partial charge in [0.1, 0.15) is 0 Å². The lowest BCUT2D eigenvalue weighted by Crippen LogP contribution is -2.34. The first-order valence-corrected chi connectivity index (χ1v) is 5.65. The van der Waals surface area contributed by atoms with Crippen molar-refractivity contribution in [3.05, 3.63) is 0 Å². The summed E-state index contributed by atoms with van der Waals surface area (Å²) in [5, 5.41) is 9.81. The van der Waals surface area contributed by atoms with E-state index in [9.17, 15) is 5.11 Å². The topological polar surface area (TPSA) is 20.2 Å². The molecule has 0 amide bonds. The highest BCUT2D eigenvalue weighted by Crippen LogP contribution is 2.41. The lowest BCUT2D eigenvalue weighted by Gasteiger charge is -2.40. The Morgan fingerprint density at radius 1 is 1.31 bits per heavy atom. The third kappa shape index (κ3) is 2.46. The van der Waals surface area contributed by atoms with Gasteiger partial charge in [-0.3, -0.25) is 0 Å². The van der Waals surface area contributed by atoms with Crippen molar-refractivity contribution < 1.29 is 5.11 Å². The molecule has 0 saturated heterocycles. The summed E-state index contributed by atoms with van der Waals surface area (Å²) in [6.07, 6.45) is 4.69. The van der Waals surface area contributed by atoms with E-state index in [1.54, 1.807) is 0 Å². The first kappa shape index (κ1) is 11.0. The van der Waals surface area contributed by atoms with Crippen LogP contribution in [0.25, 0.3) is 0 Å². The van der Waals surface area contributed by atoms with Gasteiger partial charge in [0, 0.05) is 0 Å². The van der Waals surface area contributed by atoms with Gasteiger partial charge in [0.2, 0.25) is 0 Å². The first-order valence-electron chi connectivity index (χ1n) is 5.65. The molecule has 1 aliphatic rings. The fourth-order valence-electron chi connectivity index (χ4n) is 2.30. The minimum absolute atomic E-state index is 0.0513. The molecule has 0 aromatic rings. The first-order chi connectivity index (χ1) is 5.97. The summed E-state index contributed by atoms with van der Waals surface area (Å²) >= 11 is 0. The van der Waals surface area contributed by atoms with Crippen LogP contribution in [0.5, 0.6) is 0 Å². The minimum Gasteiger partial charge on any atom is -0.393 e. The minimum atomic E-state index is -0.0513. The van der Waals surface area contributed by atoms with Crippen LogP contribution in [-0.2, 0) is 0 Å². The molecule has 0 bridgehead atoms. The van der Waals surface area contributed by atoms with Crippen LogP contribution < -0.4 is 0 Å². The Hall–Kier alpha value is -0.0400. The van der Waals surface area contributed by atoms with E-state index in [2.05, 4.69) is 27.7 Å². The van der Waals surface area contributed by atoms with E-state index >= 15 is 0 Å². The fourth-order valence-corrected chi connectivity index (χ4v) is 2.30. The quantitative estimate of drug-likeness (QED) is 0.698. The van der Waals surface area contributed by atoms with Crippen molar-refractivity contribution in [2.24, 2.45) is 17.3 Å². The molecule has 0 aromatic heterocycles. The van der Waals surface area contributed by atoms with Crippen molar-refractivity contribution in [3.8, 4) is 0 Å². The maximum Gasteiger partial charge on any atom is 0.0568 e. The molecule has 3 unspecified atom stereocenters. The molecule has 0 heterocycles. The maximum atomic E-state index is 9.81. The molecule has 1 aliphatic carbocycles. The van der Waals surface area contributed by atoms with E-state index in [4.69, 9.17) is 0 Å². The van der Waals surface area contributed by atoms with E-state index in [-0.39, 0.29) is 6.10 Å². The third-order valence-electron chi connectivity index (χ3n) is 4.17. The van der Waals surface area contributed by atoms with Crippen molar-refractivity contribution in [1.82, 2.24) is 0 Å².